The molecule has 1 aromatic heterocycles. The average molecular weight is 362 g/mol. The summed E-state index contributed by atoms with van der Waals surface area (Å²) in [5.41, 5.74) is 1.07. The lowest BCUT2D eigenvalue weighted by molar-refractivity contribution is -0.128. The number of benzene rings is 1. The number of carbonyl (C=O) groups excluding carboxylic acids is 1. The second-order valence-electron chi connectivity index (χ2n) is 5.83. The first-order chi connectivity index (χ1) is 11.7. The van der Waals surface area contributed by atoms with Crippen molar-refractivity contribution in [3.05, 3.63) is 63.3 Å². The number of ether oxygens (including phenoxy) is 1. The predicted molar refractivity (Wildman–Crippen MR) is 99.2 cm³/mol. The number of thiophene rings is 1. The van der Waals surface area contributed by atoms with Crippen LogP contribution < -0.4 is 0 Å². The Kier molecular flexibility index (Phi) is 6.07. The summed E-state index contributed by atoms with van der Waals surface area (Å²) in [4.78, 5) is 15.6. The number of halogens is 1. The summed E-state index contributed by atoms with van der Waals surface area (Å²) in [6, 6.07) is 11.6. The van der Waals surface area contributed by atoms with Crippen molar-refractivity contribution in [1.29, 1.82) is 0 Å². The van der Waals surface area contributed by atoms with Crippen LogP contribution in [0.2, 0.25) is 5.02 Å². The molecule has 0 unspecified atom stereocenters. The fraction of sp³-hybridized carbons (Fsp3) is 0.316. The molecule has 0 saturated carbocycles. The van der Waals surface area contributed by atoms with E-state index in [0.717, 1.165) is 29.9 Å². The van der Waals surface area contributed by atoms with Crippen molar-refractivity contribution in [2.45, 2.75) is 25.5 Å². The first-order valence-corrected chi connectivity index (χ1v) is 9.33. The molecule has 0 N–H and O–H groups in total. The molecule has 2 aromatic rings. The Morgan fingerprint density at radius 3 is 2.83 bits per heavy atom. The minimum atomic E-state index is 0.00819. The van der Waals surface area contributed by atoms with Crippen LogP contribution in [0.25, 0.3) is 6.08 Å². The van der Waals surface area contributed by atoms with E-state index in [-0.39, 0.29) is 12.0 Å². The van der Waals surface area contributed by atoms with Gasteiger partial charge in [0.05, 0.1) is 6.10 Å². The average Bonchev–Trinajstić information content (AvgIpc) is 3.27. The first kappa shape index (κ1) is 17.2. The van der Waals surface area contributed by atoms with E-state index in [1.54, 1.807) is 17.4 Å². The molecule has 126 valence electrons. The fourth-order valence-corrected chi connectivity index (χ4v) is 3.47. The maximum Gasteiger partial charge on any atom is 0.246 e. The Labute approximate surface area is 151 Å². The molecule has 0 aliphatic carbocycles. The Balaban J connectivity index is 1.70. The van der Waals surface area contributed by atoms with Crippen molar-refractivity contribution in [2.24, 2.45) is 0 Å². The van der Waals surface area contributed by atoms with E-state index in [2.05, 4.69) is 0 Å². The Morgan fingerprint density at radius 2 is 2.17 bits per heavy atom. The Morgan fingerprint density at radius 1 is 1.33 bits per heavy atom. The second-order valence-corrected chi connectivity index (χ2v) is 7.24. The molecule has 1 atom stereocenters. The molecule has 3 rings (SSSR count). The standard InChI is InChI=1S/C19H20ClNO2S/c20-16-7-5-15(6-8-16)13-21(14-17-3-1-11-23-17)19(22)10-9-18-4-2-12-24-18/h2,4-10,12,17H,1,3,11,13-14H2/b10-9+/t17-/m0/s1. The maximum atomic E-state index is 12.7. The number of nitrogens with zero attached hydrogens (tertiary/aromatic N) is 1. The van der Waals surface area contributed by atoms with Crippen LogP contribution in [0.3, 0.4) is 0 Å². The van der Waals surface area contributed by atoms with Gasteiger partial charge >= 0.3 is 0 Å². The molecule has 1 aromatic carbocycles. The van der Waals surface area contributed by atoms with E-state index in [9.17, 15) is 4.79 Å². The number of carbonyl (C=O) groups is 1. The molecule has 24 heavy (non-hydrogen) atoms. The van der Waals surface area contributed by atoms with Crippen LogP contribution in [0.4, 0.5) is 0 Å². The molecule has 1 saturated heterocycles. The van der Waals surface area contributed by atoms with Crippen LogP contribution in [-0.2, 0) is 16.1 Å². The summed E-state index contributed by atoms with van der Waals surface area (Å²) < 4.78 is 5.70. The number of rotatable bonds is 6. The third-order valence-electron chi connectivity index (χ3n) is 3.98. The van der Waals surface area contributed by atoms with Crippen molar-refractivity contribution in [1.82, 2.24) is 4.90 Å². The third-order valence-corrected chi connectivity index (χ3v) is 5.07. The minimum Gasteiger partial charge on any atom is -0.376 e. The number of hydrogen-bond acceptors (Lipinski definition) is 3. The highest BCUT2D eigenvalue weighted by Crippen LogP contribution is 2.17. The topological polar surface area (TPSA) is 29.5 Å². The summed E-state index contributed by atoms with van der Waals surface area (Å²) in [5.74, 6) is 0.00819. The smallest absolute Gasteiger partial charge is 0.246 e. The van der Waals surface area contributed by atoms with Gasteiger partial charge in [-0.05, 0) is 48.1 Å². The predicted octanol–water partition coefficient (Wildman–Crippen LogP) is 4.62. The van der Waals surface area contributed by atoms with Crippen molar-refractivity contribution in [3.63, 3.8) is 0 Å². The number of hydrogen-bond donors (Lipinski definition) is 0. The van der Waals surface area contributed by atoms with Gasteiger partial charge in [0.25, 0.3) is 0 Å². The molecule has 1 aliphatic rings. The zero-order valence-electron chi connectivity index (χ0n) is 13.4. The van der Waals surface area contributed by atoms with Crippen molar-refractivity contribution < 1.29 is 9.53 Å². The van der Waals surface area contributed by atoms with Gasteiger partial charge in [-0.15, -0.1) is 11.3 Å². The van der Waals surface area contributed by atoms with E-state index in [0.29, 0.717) is 18.1 Å². The minimum absolute atomic E-state index is 0.00819. The molecule has 5 heteroatoms. The highest BCUT2D eigenvalue weighted by atomic mass is 35.5. The van der Waals surface area contributed by atoms with Crippen LogP contribution in [0.5, 0.6) is 0 Å². The highest BCUT2D eigenvalue weighted by molar-refractivity contribution is 7.10. The normalized spacial score (nSPS) is 17.5. The molecule has 0 spiro atoms. The van der Waals surface area contributed by atoms with Gasteiger partial charge in [-0.2, -0.15) is 0 Å². The second kappa shape index (κ2) is 8.47. The van der Waals surface area contributed by atoms with Crippen LogP contribution in [-0.4, -0.2) is 30.1 Å². The van der Waals surface area contributed by atoms with Gasteiger partial charge in [0.15, 0.2) is 0 Å². The molecule has 1 amide bonds. The molecule has 1 aliphatic heterocycles. The van der Waals surface area contributed by atoms with E-state index < -0.39 is 0 Å². The van der Waals surface area contributed by atoms with Crippen molar-refractivity contribution in [3.8, 4) is 0 Å². The van der Waals surface area contributed by atoms with E-state index in [4.69, 9.17) is 16.3 Å². The summed E-state index contributed by atoms with van der Waals surface area (Å²) >= 11 is 7.56. The monoisotopic (exact) mass is 361 g/mol. The summed E-state index contributed by atoms with van der Waals surface area (Å²) in [6.07, 6.45) is 5.74. The first-order valence-electron chi connectivity index (χ1n) is 8.07. The summed E-state index contributed by atoms with van der Waals surface area (Å²) in [7, 11) is 0. The molecule has 3 nitrogen and oxygen atoms in total. The lowest BCUT2D eigenvalue weighted by Gasteiger charge is -2.24. The molecule has 2 heterocycles. The summed E-state index contributed by atoms with van der Waals surface area (Å²) in [6.45, 7) is 1.97. The van der Waals surface area contributed by atoms with Gasteiger partial charge in [-0.3, -0.25) is 4.79 Å². The Hall–Kier alpha value is -1.62. The van der Waals surface area contributed by atoms with Crippen LogP contribution in [0.15, 0.2) is 47.9 Å². The van der Waals surface area contributed by atoms with E-state index in [1.165, 1.54) is 0 Å². The largest absolute Gasteiger partial charge is 0.376 e. The van der Waals surface area contributed by atoms with Gasteiger partial charge in [0.2, 0.25) is 5.91 Å². The van der Waals surface area contributed by atoms with Crippen LogP contribution in [0.1, 0.15) is 23.3 Å². The highest BCUT2D eigenvalue weighted by Gasteiger charge is 2.21. The molecular weight excluding hydrogens is 342 g/mol. The van der Waals surface area contributed by atoms with Gasteiger partial charge < -0.3 is 9.64 Å². The molecule has 0 radical (unpaired) electrons. The van der Waals surface area contributed by atoms with Crippen molar-refractivity contribution >= 4 is 34.9 Å². The zero-order chi connectivity index (χ0) is 16.8. The van der Waals surface area contributed by atoms with Gasteiger partial charge in [0, 0.05) is 35.7 Å². The summed E-state index contributed by atoms with van der Waals surface area (Å²) in [5, 5.41) is 2.70. The molecule has 0 bridgehead atoms. The zero-order valence-corrected chi connectivity index (χ0v) is 14.9. The van der Waals surface area contributed by atoms with E-state index >= 15 is 0 Å². The van der Waals surface area contributed by atoms with Crippen LogP contribution >= 0.6 is 22.9 Å². The fourth-order valence-electron chi connectivity index (χ4n) is 2.72. The maximum absolute atomic E-state index is 12.7. The van der Waals surface area contributed by atoms with Crippen LogP contribution in [0, 0.1) is 0 Å². The lowest BCUT2D eigenvalue weighted by atomic mass is 10.1. The molecular formula is C19H20ClNO2S. The Bertz CT molecular complexity index is 676. The SMILES string of the molecule is O=C(/C=C/c1cccs1)N(Cc1ccc(Cl)cc1)C[C@@H]1CCCO1. The van der Waals surface area contributed by atoms with Gasteiger partial charge in [-0.1, -0.05) is 29.8 Å². The quantitative estimate of drug-likeness (QED) is 0.702. The number of amides is 1. The molecule has 1 fully saturated rings. The third kappa shape index (κ3) is 4.94. The van der Waals surface area contributed by atoms with Gasteiger partial charge in [0.1, 0.15) is 0 Å². The van der Waals surface area contributed by atoms with Gasteiger partial charge in [-0.25, -0.2) is 0 Å². The lowest BCUT2D eigenvalue weighted by Crippen LogP contribution is -2.35. The van der Waals surface area contributed by atoms with E-state index in [1.807, 2.05) is 52.8 Å². The van der Waals surface area contributed by atoms with Crippen molar-refractivity contribution in [2.75, 3.05) is 13.2 Å².